The van der Waals surface area contributed by atoms with Crippen LogP contribution in [0.15, 0.2) is 24.3 Å². The Morgan fingerprint density at radius 3 is 2.95 bits per heavy atom. The Bertz CT molecular complexity index is 563. The van der Waals surface area contributed by atoms with Gasteiger partial charge in [0, 0.05) is 19.0 Å². The van der Waals surface area contributed by atoms with Crippen LogP contribution in [0, 0.1) is 5.92 Å². The maximum absolute atomic E-state index is 12.4. The van der Waals surface area contributed by atoms with Gasteiger partial charge in [-0.2, -0.15) is 12.7 Å². The summed E-state index contributed by atoms with van der Waals surface area (Å²) >= 11 is 5.69. The monoisotopic (exact) mass is 330 g/mol. The van der Waals surface area contributed by atoms with Gasteiger partial charge in [0.15, 0.2) is 0 Å². The van der Waals surface area contributed by atoms with E-state index in [1.165, 1.54) is 0 Å². The van der Waals surface area contributed by atoms with Crippen LogP contribution in [0.25, 0.3) is 0 Å². The largest absolute Gasteiger partial charge is 0.301 e. The molecule has 0 aromatic heterocycles. The van der Waals surface area contributed by atoms with Crippen molar-refractivity contribution in [3.63, 3.8) is 0 Å². The van der Waals surface area contributed by atoms with Crippen LogP contribution in [0.1, 0.15) is 31.7 Å². The summed E-state index contributed by atoms with van der Waals surface area (Å²) in [7, 11) is -3.45. The van der Waals surface area contributed by atoms with Crippen molar-refractivity contribution in [1.29, 1.82) is 0 Å². The van der Waals surface area contributed by atoms with Crippen molar-refractivity contribution in [3.05, 3.63) is 29.8 Å². The summed E-state index contributed by atoms with van der Waals surface area (Å²) in [4.78, 5) is 0. The van der Waals surface area contributed by atoms with Gasteiger partial charge in [-0.15, -0.1) is 11.6 Å². The minimum absolute atomic E-state index is 0.422. The number of nitrogens with zero attached hydrogens (tertiary/aromatic N) is 1. The summed E-state index contributed by atoms with van der Waals surface area (Å²) in [6.45, 7) is 3.29. The molecule has 0 aliphatic carbocycles. The van der Waals surface area contributed by atoms with E-state index in [1.54, 1.807) is 10.4 Å². The third-order valence-corrected chi connectivity index (χ3v) is 5.50. The highest BCUT2D eigenvalue weighted by Crippen LogP contribution is 2.21. The lowest BCUT2D eigenvalue weighted by molar-refractivity contribution is 0.282. The number of halogens is 1. The fourth-order valence-electron chi connectivity index (χ4n) is 2.64. The molecule has 1 atom stereocenters. The number of hydrogen-bond donors (Lipinski definition) is 1. The highest BCUT2D eigenvalue weighted by atomic mass is 35.5. The van der Waals surface area contributed by atoms with E-state index in [0.29, 0.717) is 30.6 Å². The molecule has 118 valence electrons. The average molecular weight is 331 g/mol. The minimum Gasteiger partial charge on any atom is -0.271 e. The van der Waals surface area contributed by atoms with Gasteiger partial charge in [-0.3, -0.25) is 4.72 Å². The number of anilines is 1. The first-order valence-electron chi connectivity index (χ1n) is 7.44. The van der Waals surface area contributed by atoms with E-state index in [9.17, 15) is 8.42 Å². The van der Waals surface area contributed by atoms with Crippen LogP contribution in [0.5, 0.6) is 0 Å². The normalized spacial score (nSPS) is 20.4. The predicted molar refractivity (Wildman–Crippen MR) is 88.0 cm³/mol. The summed E-state index contributed by atoms with van der Waals surface area (Å²) < 4.78 is 29.1. The van der Waals surface area contributed by atoms with E-state index in [-0.39, 0.29) is 0 Å². The predicted octanol–water partition coefficient (Wildman–Crippen LogP) is 3.25. The number of benzene rings is 1. The Kier molecular flexibility index (Phi) is 5.90. The smallest absolute Gasteiger partial charge is 0.271 e. The van der Waals surface area contributed by atoms with Crippen LogP contribution >= 0.6 is 11.6 Å². The van der Waals surface area contributed by atoms with Crippen LogP contribution in [-0.4, -0.2) is 31.7 Å². The van der Waals surface area contributed by atoms with Crippen LogP contribution in [0.2, 0.25) is 0 Å². The molecule has 0 bridgehead atoms. The fourth-order valence-corrected chi connectivity index (χ4v) is 4.15. The Morgan fingerprint density at radius 1 is 1.43 bits per heavy atom. The number of hydrogen-bond acceptors (Lipinski definition) is 2. The zero-order chi connectivity index (χ0) is 15.3. The van der Waals surface area contributed by atoms with Crippen molar-refractivity contribution in [2.45, 2.75) is 32.6 Å². The van der Waals surface area contributed by atoms with Gasteiger partial charge in [-0.1, -0.05) is 19.1 Å². The fraction of sp³-hybridized carbons (Fsp3) is 0.600. The molecule has 1 aromatic carbocycles. The Hall–Kier alpha value is -0.780. The Morgan fingerprint density at radius 2 is 2.24 bits per heavy atom. The van der Waals surface area contributed by atoms with E-state index in [1.807, 2.05) is 18.2 Å². The molecule has 0 amide bonds. The Labute approximate surface area is 132 Å². The molecule has 1 saturated heterocycles. The van der Waals surface area contributed by atoms with Gasteiger partial charge in [0.1, 0.15) is 0 Å². The lowest BCUT2D eigenvalue weighted by Gasteiger charge is -2.30. The van der Waals surface area contributed by atoms with Gasteiger partial charge >= 0.3 is 10.2 Å². The molecule has 1 aromatic rings. The number of piperidine rings is 1. The van der Waals surface area contributed by atoms with Crippen LogP contribution < -0.4 is 4.72 Å². The van der Waals surface area contributed by atoms with E-state index in [0.717, 1.165) is 31.2 Å². The highest BCUT2D eigenvalue weighted by molar-refractivity contribution is 7.90. The second kappa shape index (κ2) is 7.47. The first-order valence-corrected chi connectivity index (χ1v) is 9.41. The minimum atomic E-state index is -3.45. The molecule has 1 aliphatic rings. The molecule has 0 saturated carbocycles. The number of rotatable bonds is 6. The third-order valence-electron chi connectivity index (χ3n) is 3.73. The molecule has 0 spiro atoms. The summed E-state index contributed by atoms with van der Waals surface area (Å²) in [6.07, 6.45) is 3.78. The van der Waals surface area contributed by atoms with Crippen LogP contribution in [0.4, 0.5) is 5.69 Å². The molecule has 2 rings (SSSR count). The highest BCUT2D eigenvalue weighted by Gasteiger charge is 2.26. The first kappa shape index (κ1) is 16.6. The number of nitrogens with one attached hydrogen (secondary N) is 1. The maximum atomic E-state index is 12.4. The van der Waals surface area contributed by atoms with E-state index >= 15 is 0 Å². The Balaban J connectivity index is 2.05. The van der Waals surface area contributed by atoms with Crippen molar-refractivity contribution in [1.82, 2.24) is 4.31 Å². The van der Waals surface area contributed by atoms with Gasteiger partial charge in [-0.05, 0) is 49.3 Å². The molecular weight excluding hydrogens is 308 g/mol. The second-order valence-electron chi connectivity index (χ2n) is 5.71. The average Bonchev–Trinajstić information content (AvgIpc) is 2.45. The molecule has 6 heteroatoms. The van der Waals surface area contributed by atoms with Gasteiger partial charge in [0.25, 0.3) is 0 Å². The molecule has 1 aliphatic heterocycles. The van der Waals surface area contributed by atoms with Crippen molar-refractivity contribution in [2.75, 3.05) is 23.7 Å². The van der Waals surface area contributed by atoms with E-state index in [4.69, 9.17) is 11.6 Å². The summed E-state index contributed by atoms with van der Waals surface area (Å²) in [5.74, 6) is 1.03. The van der Waals surface area contributed by atoms with E-state index < -0.39 is 10.2 Å². The molecule has 4 nitrogen and oxygen atoms in total. The molecule has 1 unspecified atom stereocenters. The third kappa shape index (κ3) is 4.87. The lowest BCUT2D eigenvalue weighted by Crippen LogP contribution is -2.42. The maximum Gasteiger partial charge on any atom is 0.301 e. The standard InChI is InChI=1S/C15H23ClN2O2S/c1-13-5-4-10-18(12-13)21(19,20)17-15-8-2-6-14(11-15)7-3-9-16/h2,6,8,11,13,17H,3-5,7,9-10,12H2,1H3. The van der Waals surface area contributed by atoms with Gasteiger partial charge in [0.2, 0.25) is 0 Å². The first-order chi connectivity index (χ1) is 10.0. The van der Waals surface area contributed by atoms with Gasteiger partial charge < -0.3 is 0 Å². The summed E-state index contributed by atoms with van der Waals surface area (Å²) in [6, 6.07) is 7.54. The molecule has 0 radical (unpaired) electrons. The second-order valence-corrected chi connectivity index (χ2v) is 7.75. The zero-order valence-electron chi connectivity index (χ0n) is 12.4. The SMILES string of the molecule is CC1CCCN(S(=O)(=O)Nc2cccc(CCCCl)c2)C1. The van der Waals surface area contributed by atoms with Crippen molar-refractivity contribution >= 4 is 27.5 Å². The molecule has 1 fully saturated rings. The van der Waals surface area contributed by atoms with Crippen molar-refractivity contribution in [3.8, 4) is 0 Å². The summed E-state index contributed by atoms with van der Waals surface area (Å²) in [5, 5.41) is 0. The van der Waals surface area contributed by atoms with Crippen molar-refractivity contribution in [2.24, 2.45) is 5.92 Å². The topological polar surface area (TPSA) is 49.4 Å². The quantitative estimate of drug-likeness (QED) is 0.814. The van der Waals surface area contributed by atoms with Crippen LogP contribution in [0.3, 0.4) is 0 Å². The van der Waals surface area contributed by atoms with Crippen LogP contribution in [-0.2, 0) is 16.6 Å². The van der Waals surface area contributed by atoms with Gasteiger partial charge in [-0.25, -0.2) is 0 Å². The van der Waals surface area contributed by atoms with Gasteiger partial charge in [0.05, 0.1) is 5.69 Å². The number of aryl methyl sites for hydroxylation is 1. The number of alkyl halides is 1. The molecule has 1 heterocycles. The molecule has 21 heavy (non-hydrogen) atoms. The van der Waals surface area contributed by atoms with Crippen molar-refractivity contribution < 1.29 is 8.42 Å². The molecule has 1 N–H and O–H groups in total. The zero-order valence-corrected chi connectivity index (χ0v) is 14.0. The summed E-state index contributed by atoms with van der Waals surface area (Å²) in [5.41, 5.74) is 1.73. The lowest BCUT2D eigenvalue weighted by atomic mass is 10.0. The molecular formula is C15H23ClN2O2S. The van der Waals surface area contributed by atoms with E-state index in [2.05, 4.69) is 11.6 Å².